The van der Waals surface area contributed by atoms with Gasteiger partial charge in [-0.25, -0.2) is 0 Å². The van der Waals surface area contributed by atoms with Crippen LogP contribution in [0.1, 0.15) is 6.92 Å². The highest BCUT2D eigenvalue weighted by molar-refractivity contribution is 5.95. The van der Waals surface area contributed by atoms with Crippen molar-refractivity contribution in [3.05, 3.63) is 12.2 Å². The van der Waals surface area contributed by atoms with E-state index in [9.17, 15) is 4.79 Å². The van der Waals surface area contributed by atoms with Gasteiger partial charge in [0.05, 0.1) is 6.10 Å². The van der Waals surface area contributed by atoms with E-state index >= 15 is 0 Å². The third kappa shape index (κ3) is 0.711. The van der Waals surface area contributed by atoms with Crippen LogP contribution in [0.5, 0.6) is 0 Å². The third-order valence-electron chi connectivity index (χ3n) is 1.75. The average Bonchev–Trinajstić information content (AvgIpc) is 2.21. The van der Waals surface area contributed by atoms with Gasteiger partial charge in [0.15, 0.2) is 12.1 Å². The van der Waals surface area contributed by atoms with Crippen LogP contribution >= 0.6 is 0 Å². The lowest BCUT2D eigenvalue weighted by atomic mass is 10.1. The molecule has 1 saturated heterocycles. The third-order valence-corrected chi connectivity index (χ3v) is 1.75. The first-order valence-electron chi connectivity index (χ1n) is 3.30. The lowest BCUT2D eigenvalue weighted by Gasteiger charge is -2.10. The van der Waals surface area contributed by atoms with Crippen LogP contribution < -0.4 is 0 Å². The summed E-state index contributed by atoms with van der Waals surface area (Å²) in [7, 11) is 0. The van der Waals surface area contributed by atoms with Crippen LogP contribution in [-0.2, 0) is 14.3 Å². The molecule has 0 unspecified atom stereocenters. The lowest BCUT2D eigenvalue weighted by Crippen LogP contribution is -2.29. The van der Waals surface area contributed by atoms with E-state index in [0.717, 1.165) is 0 Å². The molecule has 0 aromatic rings. The fourth-order valence-corrected chi connectivity index (χ4v) is 1.23. The molecule has 10 heavy (non-hydrogen) atoms. The van der Waals surface area contributed by atoms with Gasteiger partial charge in [-0.05, 0) is 19.1 Å². The number of hydrogen-bond donors (Lipinski definition) is 0. The smallest absolute Gasteiger partial charge is 0.187 e. The fraction of sp³-hybridized carbons (Fsp3) is 0.571. The van der Waals surface area contributed by atoms with Crippen molar-refractivity contribution in [2.45, 2.75) is 25.4 Å². The summed E-state index contributed by atoms with van der Waals surface area (Å²) in [5.74, 6) is 0.0150. The van der Waals surface area contributed by atoms with Crippen molar-refractivity contribution in [1.29, 1.82) is 0 Å². The Morgan fingerprint density at radius 1 is 1.50 bits per heavy atom. The van der Waals surface area contributed by atoms with Gasteiger partial charge in [0.1, 0.15) is 6.10 Å². The number of ether oxygens (including phenoxy) is 2. The Labute approximate surface area is 58.6 Å². The van der Waals surface area contributed by atoms with Gasteiger partial charge < -0.3 is 9.47 Å². The normalized spacial score (nSPS) is 44.5. The molecule has 0 saturated carbocycles. The Kier molecular flexibility index (Phi) is 1.16. The quantitative estimate of drug-likeness (QED) is 0.484. The van der Waals surface area contributed by atoms with E-state index in [4.69, 9.17) is 9.47 Å². The van der Waals surface area contributed by atoms with Crippen molar-refractivity contribution in [2.75, 3.05) is 0 Å². The minimum Gasteiger partial charge on any atom is -0.343 e. The lowest BCUT2D eigenvalue weighted by molar-refractivity contribution is -0.126. The predicted molar refractivity (Wildman–Crippen MR) is 33.4 cm³/mol. The van der Waals surface area contributed by atoms with Gasteiger partial charge >= 0.3 is 0 Å². The molecule has 2 aliphatic rings. The first kappa shape index (κ1) is 6.07. The molecule has 0 aromatic carbocycles. The number of fused-ring (bicyclic) bond motifs is 2. The summed E-state index contributed by atoms with van der Waals surface area (Å²) in [4.78, 5) is 11.0. The van der Waals surface area contributed by atoms with Gasteiger partial charge in [-0.15, -0.1) is 0 Å². The molecule has 0 radical (unpaired) electrons. The maximum Gasteiger partial charge on any atom is 0.187 e. The van der Waals surface area contributed by atoms with Crippen LogP contribution in [0.2, 0.25) is 0 Å². The van der Waals surface area contributed by atoms with E-state index in [1.54, 1.807) is 6.08 Å². The highest BCUT2D eigenvalue weighted by atomic mass is 16.7. The van der Waals surface area contributed by atoms with E-state index in [1.807, 2.05) is 6.92 Å². The van der Waals surface area contributed by atoms with E-state index in [2.05, 4.69) is 0 Å². The summed E-state index contributed by atoms with van der Waals surface area (Å²) in [6.07, 6.45) is 2.45. The SMILES string of the molecule is C[C@H]1O[C@@H]2C=CC(=O)[C@H]1O2. The zero-order valence-electron chi connectivity index (χ0n) is 5.61. The van der Waals surface area contributed by atoms with E-state index in [1.165, 1.54) is 6.08 Å². The standard InChI is InChI=1S/C7H8O3/c1-4-7-5(8)2-3-6(9-4)10-7/h2-4,6-7H,1H3/t4-,6+,7+/m1/s1. The van der Waals surface area contributed by atoms with Crippen molar-refractivity contribution < 1.29 is 14.3 Å². The first-order chi connectivity index (χ1) is 4.77. The van der Waals surface area contributed by atoms with Crippen LogP contribution in [0.3, 0.4) is 0 Å². The Morgan fingerprint density at radius 2 is 2.30 bits per heavy atom. The van der Waals surface area contributed by atoms with Crippen LogP contribution in [0.15, 0.2) is 12.2 Å². The summed E-state index contributed by atoms with van der Waals surface area (Å²) >= 11 is 0. The molecule has 3 nitrogen and oxygen atoms in total. The van der Waals surface area contributed by atoms with Crippen molar-refractivity contribution in [1.82, 2.24) is 0 Å². The number of carbonyl (C=O) groups is 1. The molecule has 0 amide bonds. The second kappa shape index (κ2) is 1.90. The summed E-state index contributed by atoms with van der Waals surface area (Å²) in [6.45, 7) is 1.84. The number of carbonyl (C=O) groups excluding carboxylic acids is 1. The van der Waals surface area contributed by atoms with Crippen molar-refractivity contribution in [2.24, 2.45) is 0 Å². The van der Waals surface area contributed by atoms with Gasteiger partial charge in [0, 0.05) is 0 Å². The van der Waals surface area contributed by atoms with Crippen LogP contribution in [0.25, 0.3) is 0 Å². The van der Waals surface area contributed by atoms with Gasteiger partial charge in [-0.2, -0.15) is 0 Å². The molecule has 3 heteroatoms. The fourth-order valence-electron chi connectivity index (χ4n) is 1.23. The van der Waals surface area contributed by atoms with E-state index < -0.39 is 0 Å². The molecular formula is C7H8O3. The minimum atomic E-state index is -0.352. The molecule has 0 aliphatic carbocycles. The predicted octanol–water partition coefficient (Wildman–Crippen LogP) is 0.255. The summed E-state index contributed by atoms with van der Waals surface area (Å²) < 4.78 is 10.4. The molecule has 0 spiro atoms. The second-order valence-electron chi connectivity index (χ2n) is 2.53. The van der Waals surface area contributed by atoms with Crippen LogP contribution in [0, 0.1) is 0 Å². The monoisotopic (exact) mass is 140 g/mol. The largest absolute Gasteiger partial charge is 0.343 e. The van der Waals surface area contributed by atoms with Crippen LogP contribution in [-0.4, -0.2) is 24.3 Å². The van der Waals surface area contributed by atoms with Crippen molar-refractivity contribution in [3.63, 3.8) is 0 Å². The summed E-state index contributed by atoms with van der Waals surface area (Å²) in [6, 6.07) is 0. The Hall–Kier alpha value is -0.670. The molecule has 2 rings (SSSR count). The first-order valence-corrected chi connectivity index (χ1v) is 3.30. The maximum absolute atomic E-state index is 11.0. The molecule has 1 fully saturated rings. The Balaban J connectivity index is 2.28. The zero-order chi connectivity index (χ0) is 7.14. The molecule has 2 bridgehead atoms. The number of ketones is 1. The Morgan fingerprint density at radius 3 is 3.00 bits per heavy atom. The van der Waals surface area contributed by atoms with Crippen LogP contribution in [0.4, 0.5) is 0 Å². The van der Waals surface area contributed by atoms with E-state index in [-0.39, 0.29) is 24.3 Å². The zero-order valence-corrected chi connectivity index (χ0v) is 5.61. The molecule has 0 N–H and O–H groups in total. The summed E-state index contributed by atoms with van der Waals surface area (Å²) in [5, 5.41) is 0. The average molecular weight is 140 g/mol. The molecule has 2 aliphatic heterocycles. The molecule has 3 atom stereocenters. The summed E-state index contributed by atoms with van der Waals surface area (Å²) in [5.41, 5.74) is 0. The van der Waals surface area contributed by atoms with Crippen molar-refractivity contribution in [3.8, 4) is 0 Å². The van der Waals surface area contributed by atoms with Gasteiger partial charge in [-0.3, -0.25) is 4.79 Å². The number of rotatable bonds is 0. The highest BCUT2D eigenvalue weighted by Gasteiger charge is 2.38. The van der Waals surface area contributed by atoms with E-state index in [0.29, 0.717) is 0 Å². The Bertz CT molecular complexity index is 197. The molecule has 0 aromatic heterocycles. The molecule has 54 valence electrons. The molecule has 2 heterocycles. The van der Waals surface area contributed by atoms with Crippen molar-refractivity contribution >= 4 is 5.78 Å². The van der Waals surface area contributed by atoms with Gasteiger partial charge in [-0.1, -0.05) is 0 Å². The topological polar surface area (TPSA) is 35.5 Å². The maximum atomic E-state index is 11.0. The molecular weight excluding hydrogens is 132 g/mol. The number of hydrogen-bond acceptors (Lipinski definition) is 3. The minimum absolute atomic E-state index is 0.0150. The van der Waals surface area contributed by atoms with Gasteiger partial charge in [0.25, 0.3) is 0 Å². The van der Waals surface area contributed by atoms with Gasteiger partial charge in [0.2, 0.25) is 0 Å². The second-order valence-corrected chi connectivity index (χ2v) is 2.53. The highest BCUT2D eigenvalue weighted by Crippen LogP contribution is 2.24.